The van der Waals surface area contributed by atoms with Crippen LogP contribution in [-0.2, 0) is 11.2 Å². The van der Waals surface area contributed by atoms with Gasteiger partial charge in [-0.25, -0.2) is 9.97 Å². The van der Waals surface area contributed by atoms with Gasteiger partial charge in [0.2, 0.25) is 11.9 Å². The normalized spacial score (nSPS) is 20.4. The van der Waals surface area contributed by atoms with Gasteiger partial charge in [0.15, 0.2) is 0 Å². The third kappa shape index (κ3) is 5.14. The summed E-state index contributed by atoms with van der Waals surface area (Å²) in [6.45, 7) is 10.2. The minimum atomic E-state index is 0.0447. The first-order valence-corrected chi connectivity index (χ1v) is 11.1. The molecule has 0 aliphatic carbocycles. The van der Waals surface area contributed by atoms with Crippen LogP contribution in [0.3, 0.4) is 0 Å². The SMILES string of the molecule is Cc1cc(C)nc(N2CCCC(C(=O)N3CCN(CCc4ccccn4)CC3)C2)n1. The van der Waals surface area contributed by atoms with Gasteiger partial charge in [-0.15, -0.1) is 0 Å². The van der Waals surface area contributed by atoms with E-state index in [1.54, 1.807) is 0 Å². The van der Waals surface area contributed by atoms with E-state index in [0.29, 0.717) is 5.91 Å². The smallest absolute Gasteiger partial charge is 0.227 e. The molecule has 1 atom stereocenters. The second-order valence-electron chi connectivity index (χ2n) is 8.47. The molecule has 4 rings (SSSR count). The molecule has 7 nitrogen and oxygen atoms in total. The maximum atomic E-state index is 13.2. The van der Waals surface area contributed by atoms with Crippen LogP contribution in [0.2, 0.25) is 0 Å². The predicted octanol–water partition coefficient (Wildman–Crippen LogP) is 2.09. The van der Waals surface area contributed by atoms with Crippen LogP contribution in [0.5, 0.6) is 0 Å². The number of piperidine rings is 1. The summed E-state index contributed by atoms with van der Waals surface area (Å²) in [5.41, 5.74) is 3.09. The first-order chi connectivity index (χ1) is 14.6. The van der Waals surface area contributed by atoms with Crippen molar-refractivity contribution in [3.05, 3.63) is 47.5 Å². The predicted molar refractivity (Wildman–Crippen MR) is 117 cm³/mol. The van der Waals surface area contributed by atoms with E-state index in [9.17, 15) is 4.79 Å². The van der Waals surface area contributed by atoms with Crippen LogP contribution in [0.1, 0.15) is 29.9 Å². The lowest BCUT2D eigenvalue weighted by Crippen LogP contribution is -2.53. The Bertz CT molecular complexity index is 830. The summed E-state index contributed by atoms with van der Waals surface area (Å²) in [4.78, 5) is 33.5. The quantitative estimate of drug-likeness (QED) is 0.755. The fraction of sp³-hybridized carbons (Fsp3) is 0.565. The number of rotatable bonds is 5. The van der Waals surface area contributed by atoms with Crippen molar-refractivity contribution in [3.8, 4) is 0 Å². The van der Waals surface area contributed by atoms with Gasteiger partial charge in [0, 0.05) is 75.5 Å². The summed E-state index contributed by atoms with van der Waals surface area (Å²) in [6, 6.07) is 8.06. The second kappa shape index (κ2) is 9.51. The maximum absolute atomic E-state index is 13.2. The van der Waals surface area contributed by atoms with Crippen LogP contribution >= 0.6 is 0 Å². The molecule has 0 bridgehead atoms. The summed E-state index contributed by atoms with van der Waals surface area (Å²) in [5.74, 6) is 1.11. The Balaban J connectivity index is 1.28. The molecule has 2 aromatic heterocycles. The minimum absolute atomic E-state index is 0.0447. The van der Waals surface area contributed by atoms with Crippen LogP contribution < -0.4 is 4.90 Å². The van der Waals surface area contributed by atoms with Gasteiger partial charge >= 0.3 is 0 Å². The van der Waals surface area contributed by atoms with Crippen molar-refractivity contribution in [1.29, 1.82) is 0 Å². The molecule has 2 fully saturated rings. The Hall–Kier alpha value is -2.54. The zero-order chi connectivity index (χ0) is 20.9. The lowest BCUT2D eigenvalue weighted by Gasteiger charge is -2.39. The van der Waals surface area contributed by atoms with Gasteiger partial charge in [-0.3, -0.25) is 14.7 Å². The Morgan fingerprint density at radius 2 is 1.83 bits per heavy atom. The third-order valence-corrected chi connectivity index (χ3v) is 6.12. The van der Waals surface area contributed by atoms with E-state index in [-0.39, 0.29) is 5.92 Å². The van der Waals surface area contributed by atoms with E-state index in [4.69, 9.17) is 0 Å². The zero-order valence-electron chi connectivity index (χ0n) is 18.1. The number of anilines is 1. The third-order valence-electron chi connectivity index (χ3n) is 6.12. The van der Waals surface area contributed by atoms with Crippen molar-refractivity contribution in [2.24, 2.45) is 5.92 Å². The van der Waals surface area contributed by atoms with E-state index >= 15 is 0 Å². The standard InChI is InChI=1S/C23H32N6O/c1-18-16-19(2)26-23(25-18)29-10-5-6-20(17-29)22(30)28-14-12-27(13-15-28)11-8-21-7-3-4-9-24-21/h3-4,7,9,16,20H,5-6,8,10-15,17H2,1-2H3. The van der Waals surface area contributed by atoms with Crippen LogP contribution in [0, 0.1) is 19.8 Å². The molecule has 0 radical (unpaired) electrons. The molecular weight excluding hydrogens is 376 g/mol. The number of pyridine rings is 1. The Kier molecular flexibility index (Phi) is 6.57. The van der Waals surface area contributed by atoms with Crippen LogP contribution in [0.25, 0.3) is 0 Å². The van der Waals surface area contributed by atoms with E-state index in [1.807, 2.05) is 38.2 Å². The van der Waals surface area contributed by atoms with E-state index in [2.05, 4.69) is 35.7 Å². The van der Waals surface area contributed by atoms with Gasteiger partial charge in [-0.2, -0.15) is 0 Å². The lowest BCUT2D eigenvalue weighted by atomic mass is 9.96. The first-order valence-electron chi connectivity index (χ1n) is 11.1. The number of piperazine rings is 1. The number of amides is 1. The van der Waals surface area contributed by atoms with Crippen molar-refractivity contribution in [2.45, 2.75) is 33.1 Å². The Morgan fingerprint density at radius 3 is 2.53 bits per heavy atom. The Labute approximate surface area is 179 Å². The number of hydrogen-bond donors (Lipinski definition) is 0. The van der Waals surface area contributed by atoms with E-state index < -0.39 is 0 Å². The summed E-state index contributed by atoms with van der Waals surface area (Å²) >= 11 is 0. The van der Waals surface area contributed by atoms with Crippen molar-refractivity contribution in [1.82, 2.24) is 24.8 Å². The monoisotopic (exact) mass is 408 g/mol. The molecule has 0 saturated carbocycles. The molecule has 2 aliphatic heterocycles. The van der Waals surface area contributed by atoms with Crippen molar-refractivity contribution < 1.29 is 4.79 Å². The summed E-state index contributed by atoms with van der Waals surface area (Å²) in [7, 11) is 0. The molecule has 2 aliphatic rings. The largest absolute Gasteiger partial charge is 0.340 e. The highest BCUT2D eigenvalue weighted by Crippen LogP contribution is 2.23. The van der Waals surface area contributed by atoms with Crippen molar-refractivity contribution >= 4 is 11.9 Å². The summed E-state index contributed by atoms with van der Waals surface area (Å²) in [6.07, 6.45) is 4.78. The van der Waals surface area contributed by atoms with Crippen LogP contribution in [0.4, 0.5) is 5.95 Å². The Morgan fingerprint density at radius 1 is 1.07 bits per heavy atom. The number of carbonyl (C=O) groups is 1. The van der Waals surface area contributed by atoms with Crippen LogP contribution in [-0.4, -0.2) is 76.5 Å². The number of nitrogens with zero attached hydrogens (tertiary/aromatic N) is 6. The highest BCUT2D eigenvalue weighted by Gasteiger charge is 2.31. The first kappa shape index (κ1) is 20.7. The molecular formula is C23H32N6O. The molecule has 0 spiro atoms. The highest BCUT2D eigenvalue weighted by molar-refractivity contribution is 5.79. The molecule has 1 unspecified atom stereocenters. The lowest BCUT2D eigenvalue weighted by molar-refractivity contribution is -0.137. The van der Waals surface area contributed by atoms with Gasteiger partial charge in [-0.05, 0) is 44.9 Å². The number of aryl methyl sites for hydroxylation is 2. The molecule has 7 heteroatoms. The number of carbonyl (C=O) groups excluding carboxylic acids is 1. The molecule has 0 aromatic carbocycles. The van der Waals surface area contributed by atoms with Gasteiger partial charge in [0.05, 0.1) is 5.92 Å². The molecule has 0 N–H and O–H groups in total. The maximum Gasteiger partial charge on any atom is 0.227 e. The van der Waals surface area contributed by atoms with E-state index in [0.717, 1.165) is 88.1 Å². The average molecular weight is 409 g/mol. The number of aromatic nitrogens is 3. The molecule has 160 valence electrons. The molecule has 4 heterocycles. The van der Waals surface area contributed by atoms with Gasteiger partial charge < -0.3 is 9.80 Å². The van der Waals surface area contributed by atoms with Gasteiger partial charge in [-0.1, -0.05) is 6.07 Å². The summed E-state index contributed by atoms with van der Waals surface area (Å²) < 4.78 is 0. The topological polar surface area (TPSA) is 65.5 Å². The molecule has 2 saturated heterocycles. The zero-order valence-corrected chi connectivity index (χ0v) is 18.1. The highest BCUT2D eigenvalue weighted by atomic mass is 16.2. The number of hydrogen-bond acceptors (Lipinski definition) is 6. The van der Waals surface area contributed by atoms with Gasteiger partial charge in [0.1, 0.15) is 0 Å². The molecule has 2 aromatic rings. The van der Waals surface area contributed by atoms with Crippen LogP contribution in [0.15, 0.2) is 30.5 Å². The molecule has 1 amide bonds. The summed E-state index contributed by atoms with van der Waals surface area (Å²) in [5, 5.41) is 0. The fourth-order valence-corrected chi connectivity index (χ4v) is 4.48. The minimum Gasteiger partial charge on any atom is -0.340 e. The fourth-order valence-electron chi connectivity index (χ4n) is 4.48. The van der Waals surface area contributed by atoms with Gasteiger partial charge in [0.25, 0.3) is 0 Å². The molecule has 30 heavy (non-hydrogen) atoms. The van der Waals surface area contributed by atoms with Crippen molar-refractivity contribution in [2.75, 3.05) is 50.7 Å². The average Bonchev–Trinajstić information content (AvgIpc) is 2.78. The van der Waals surface area contributed by atoms with E-state index in [1.165, 1.54) is 0 Å². The van der Waals surface area contributed by atoms with Crippen molar-refractivity contribution in [3.63, 3.8) is 0 Å². The second-order valence-corrected chi connectivity index (χ2v) is 8.47.